The van der Waals surface area contributed by atoms with E-state index in [0.29, 0.717) is 17.7 Å². The summed E-state index contributed by atoms with van der Waals surface area (Å²) in [5.74, 6) is 0.655. The normalized spacial score (nSPS) is 19.5. The van der Waals surface area contributed by atoms with Gasteiger partial charge in [-0.3, -0.25) is 9.63 Å². The molecule has 0 saturated carbocycles. The summed E-state index contributed by atoms with van der Waals surface area (Å²) in [6, 6.07) is 5.46. The molecule has 1 heterocycles. The summed E-state index contributed by atoms with van der Waals surface area (Å²) in [5.41, 5.74) is 0.614. The summed E-state index contributed by atoms with van der Waals surface area (Å²) in [6.07, 6.45) is -0.0701. The molecule has 0 fully saturated rings. The summed E-state index contributed by atoms with van der Waals surface area (Å²) < 4.78 is 6.46. The molecule has 0 aromatic heterocycles. The first-order valence-corrected chi connectivity index (χ1v) is 5.68. The van der Waals surface area contributed by atoms with Crippen LogP contribution in [0.2, 0.25) is 0 Å². The van der Waals surface area contributed by atoms with Crippen molar-refractivity contribution in [2.24, 2.45) is 0 Å². The van der Waals surface area contributed by atoms with Crippen LogP contribution in [0.4, 0.5) is 0 Å². The van der Waals surface area contributed by atoms with E-state index in [9.17, 15) is 4.79 Å². The Morgan fingerprint density at radius 2 is 2.31 bits per heavy atom. The Kier molecular flexibility index (Phi) is 3.28. The number of halogens is 1. The number of nitrogens with zero attached hydrogens (tertiary/aromatic N) is 1. The first-order chi connectivity index (χ1) is 7.63. The Morgan fingerprint density at radius 1 is 1.56 bits per heavy atom. The average molecular weight is 286 g/mol. The molecule has 1 aliphatic heterocycles. The van der Waals surface area contributed by atoms with E-state index in [4.69, 9.17) is 9.57 Å². The number of carbonyl (C=O) groups is 1. The third kappa shape index (κ3) is 1.98. The van der Waals surface area contributed by atoms with Gasteiger partial charge in [-0.05, 0) is 28.1 Å². The summed E-state index contributed by atoms with van der Waals surface area (Å²) in [6.45, 7) is 0. The molecule has 1 atom stereocenters. The highest BCUT2D eigenvalue weighted by molar-refractivity contribution is 9.10. The van der Waals surface area contributed by atoms with Crippen molar-refractivity contribution in [1.29, 1.82) is 0 Å². The molecule has 86 valence electrons. The second-order valence-corrected chi connectivity index (χ2v) is 4.40. The number of benzene rings is 1. The molecule has 0 radical (unpaired) electrons. The van der Waals surface area contributed by atoms with E-state index < -0.39 is 0 Å². The van der Waals surface area contributed by atoms with Gasteiger partial charge in [-0.2, -0.15) is 5.06 Å². The third-order valence-electron chi connectivity index (χ3n) is 2.57. The molecule has 5 heteroatoms. The van der Waals surface area contributed by atoms with E-state index in [1.54, 1.807) is 20.2 Å². The quantitative estimate of drug-likeness (QED) is 0.782. The van der Waals surface area contributed by atoms with Gasteiger partial charge >= 0.3 is 0 Å². The predicted molar refractivity (Wildman–Crippen MR) is 62.3 cm³/mol. The smallest absolute Gasteiger partial charge is 0.181 e. The third-order valence-corrected chi connectivity index (χ3v) is 3.23. The molecule has 2 rings (SSSR count). The van der Waals surface area contributed by atoms with Gasteiger partial charge in [0.2, 0.25) is 0 Å². The van der Waals surface area contributed by atoms with Gasteiger partial charge in [0.1, 0.15) is 5.75 Å². The zero-order chi connectivity index (χ0) is 11.7. The van der Waals surface area contributed by atoms with Crippen LogP contribution in [-0.4, -0.2) is 31.2 Å². The zero-order valence-electron chi connectivity index (χ0n) is 9.07. The van der Waals surface area contributed by atoms with Gasteiger partial charge in [0.05, 0.1) is 19.1 Å². The highest BCUT2D eigenvalue weighted by Crippen LogP contribution is 2.33. The molecule has 4 nitrogen and oxygen atoms in total. The van der Waals surface area contributed by atoms with Crippen LogP contribution in [0, 0.1) is 0 Å². The van der Waals surface area contributed by atoms with Crippen molar-refractivity contribution >= 4 is 21.7 Å². The van der Waals surface area contributed by atoms with Gasteiger partial charge in [0.15, 0.2) is 12.0 Å². The van der Waals surface area contributed by atoms with Crippen molar-refractivity contribution in [1.82, 2.24) is 5.06 Å². The molecule has 0 amide bonds. The van der Waals surface area contributed by atoms with Crippen LogP contribution in [0.25, 0.3) is 0 Å². The van der Waals surface area contributed by atoms with Crippen molar-refractivity contribution in [2.45, 2.75) is 12.6 Å². The van der Waals surface area contributed by atoms with Gasteiger partial charge in [-0.25, -0.2) is 0 Å². The number of hydrogen-bond donors (Lipinski definition) is 0. The first-order valence-electron chi connectivity index (χ1n) is 4.88. The standard InChI is InChI=1S/C11H12BrNO3/c1-13(15-2)10-6-8(14)11-7(12)4-3-5-9(11)16-10/h3-5,10H,6H2,1-2H3. The largest absolute Gasteiger partial charge is 0.472 e. The first kappa shape index (κ1) is 11.6. The van der Waals surface area contributed by atoms with Crippen molar-refractivity contribution < 1.29 is 14.4 Å². The van der Waals surface area contributed by atoms with Crippen molar-refractivity contribution in [2.75, 3.05) is 14.2 Å². The van der Waals surface area contributed by atoms with Crippen LogP contribution in [0.15, 0.2) is 22.7 Å². The molecule has 0 N–H and O–H groups in total. The van der Waals surface area contributed by atoms with Crippen LogP contribution >= 0.6 is 15.9 Å². The second kappa shape index (κ2) is 4.53. The van der Waals surface area contributed by atoms with Crippen LogP contribution in [-0.2, 0) is 4.84 Å². The van der Waals surface area contributed by atoms with E-state index in [0.717, 1.165) is 4.47 Å². The summed E-state index contributed by atoms with van der Waals surface area (Å²) in [7, 11) is 3.28. The number of hydroxylamine groups is 2. The maximum atomic E-state index is 11.9. The minimum absolute atomic E-state index is 0.0580. The highest BCUT2D eigenvalue weighted by atomic mass is 79.9. The SMILES string of the molecule is CON(C)C1CC(=O)c2c(Br)cccc2O1. The van der Waals surface area contributed by atoms with Crippen LogP contribution in [0.1, 0.15) is 16.8 Å². The number of rotatable bonds is 2. The van der Waals surface area contributed by atoms with E-state index in [-0.39, 0.29) is 12.0 Å². The lowest BCUT2D eigenvalue weighted by Gasteiger charge is -2.30. The molecule has 0 saturated heterocycles. The van der Waals surface area contributed by atoms with Gasteiger partial charge < -0.3 is 4.74 Å². The maximum Gasteiger partial charge on any atom is 0.181 e. The lowest BCUT2D eigenvalue weighted by molar-refractivity contribution is -0.193. The molecule has 1 aliphatic rings. The topological polar surface area (TPSA) is 38.8 Å². The minimum Gasteiger partial charge on any atom is -0.472 e. The van der Waals surface area contributed by atoms with Crippen molar-refractivity contribution in [3.63, 3.8) is 0 Å². The molecule has 0 spiro atoms. The van der Waals surface area contributed by atoms with Crippen molar-refractivity contribution in [3.8, 4) is 5.75 Å². The molecule has 0 aliphatic carbocycles. The van der Waals surface area contributed by atoms with E-state index in [1.807, 2.05) is 12.1 Å². The Morgan fingerprint density at radius 3 is 3.00 bits per heavy atom. The number of Topliss-reactive ketones (excluding diaryl/α,β-unsaturated/α-hetero) is 1. The van der Waals surface area contributed by atoms with Crippen LogP contribution < -0.4 is 4.74 Å². The Bertz CT molecular complexity index is 422. The monoisotopic (exact) mass is 285 g/mol. The van der Waals surface area contributed by atoms with E-state index >= 15 is 0 Å². The lowest BCUT2D eigenvalue weighted by Crippen LogP contribution is -2.40. The molecular weight excluding hydrogens is 274 g/mol. The minimum atomic E-state index is -0.362. The molecule has 1 aromatic rings. The van der Waals surface area contributed by atoms with E-state index in [1.165, 1.54) is 5.06 Å². The van der Waals surface area contributed by atoms with Crippen LogP contribution in [0.3, 0.4) is 0 Å². The Hall–Kier alpha value is -0.910. The lowest BCUT2D eigenvalue weighted by atomic mass is 10.0. The van der Waals surface area contributed by atoms with Gasteiger partial charge in [0, 0.05) is 11.5 Å². The highest BCUT2D eigenvalue weighted by Gasteiger charge is 2.30. The number of ether oxygens (including phenoxy) is 1. The molecule has 1 aromatic carbocycles. The predicted octanol–water partition coefficient (Wildman–Crippen LogP) is 2.23. The Balaban J connectivity index is 2.34. The zero-order valence-corrected chi connectivity index (χ0v) is 10.7. The number of hydrogen-bond acceptors (Lipinski definition) is 4. The Labute approximate surface area is 102 Å². The van der Waals surface area contributed by atoms with E-state index in [2.05, 4.69) is 15.9 Å². The number of carbonyl (C=O) groups excluding carboxylic acids is 1. The van der Waals surface area contributed by atoms with Gasteiger partial charge in [0.25, 0.3) is 0 Å². The molecule has 1 unspecified atom stereocenters. The fourth-order valence-corrected chi connectivity index (χ4v) is 2.21. The van der Waals surface area contributed by atoms with Crippen LogP contribution in [0.5, 0.6) is 5.75 Å². The fourth-order valence-electron chi connectivity index (χ4n) is 1.64. The van der Waals surface area contributed by atoms with Gasteiger partial charge in [-0.15, -0.1) is 0 Å². The molecular formula is C11H12BrNO3. The number of ketones is 1. The fraction of sp³-hybridized carbons (Fsp3) is 0.364. The second-order valence-electron chi connectivity index (χ2n) is 3.54. The molecule has 16 heavy (non-hydrogen) atoms. The maximum absolute atomic E-state index is 11.9. The average Bonchev–Trinajstić information content (AvgIpc) is 2.27. The summed E-state index contributed by atoms with van der Waals surface area (Å²) >= 11 is 3.35. The van der Waals surface area contributed by atoms with Gasteiger partial charge in [-0.1, -0.05) is 6.07 Å². The summed E-state index contributed by atoms with van der Waals surface area (Å²) in [5, 5.41) is 1.53. The number of fused-ring (bicyclic) bond motifs is 1. The summed E-state index contributed by atoms with van der Waals surface area (Å²) in [4.78, 5) is 17.0. The van der Waals surface area contributed by atoms with Crippen molar-refractivity contribution in [3.05, 3.63) is 28.2 Å². The molecule has 0 bridgehead atoms.